The number of Topliss-reactive ketones (excluding diaryl/α,β-unsaturated/α-hetero) is 1. The van der Waals surface area contributed by atoms with Crippen LogP contribution in [-0.4, -0.2) is 27.2 Å². The summed E-state index contributed by atoms with van der Waals surface area (Å²) < 4.78 is 16.6. The molecule has 1 atom stereocenters. The van der Waals surface area contributed by atoms with Gasteiger partial charge in [0.2, 0.25) is 0 Å². The van der Waals surface area contributed by atoms with Gasteiger partial charge in [0, 0.05) is 5.56 Å². The summed E-state index contributed by atoms with van der Waals surface area (Å²) in [6, 6.07) is 5.61. The number of fused-ring (bicyclic) bond motifs is 1. The SMILES string of the molecule is Cc1ccc2c(c1)C(=O)CN(C(C)C)[S+]([O-])N2. The van der Waals surface area contributed by atoms with Gasteiger partial charge in [-0.3, -0.25) is 4.79 Å². The first-order chi connectivity index (χ1) is 7.99. The molecular formula is C12H16N2O2S. The minimum Gasteiger partial charge on any atom is -0.573 e. The Labute approximate surface area is 104 Å². The van der Waals surface area contributed by atoms with Crippen LogP contribution >= 0.6 is 0 Å². The van der Waals surface area contributed by atoms with Crippen LogP contribution in [0.3, 0.4) is 0 Å². The first-order valence-corrected chi connectivity index (χ1v) is 6.68. The molecule has 1 heterocycles. The van der Waals surface area contributed by atoms with Gasteiger partial charge in [0.1, 0.15) is 6.54 Å². The smallest absolute Gasteiger partial charge is 0.183 e. The summed E-state index contributed by atoms with van der Waals surface area (Å²) in [6.07, 6.45) is 0. The van der Waals surface area contributed by atoms with Crippen LogP contribution in [0.4, 0.5) is 5.69 Å². The monoisotopic (exact) mass is 252 g/mol. The second kappa shape index (κ2) is 4.68. The second-order valence-corrected chi connectivity index (χ2v) is 5.66. The molecule has 0 aromatic heterocycles. The second-order valence-electron chi connectivity index (χ2n) is 4.49. The Morgan fingerprint density at radius 2 is 2.18 bits per heavy atom. The van der Waals surface area contributed by atoms with Crippen LogP contribution < -0.4 is 4.72 Å². The van der Waals surface area contributed by atoms with Crippen LogP contribution in [0.15, 0.2) is 18.2 Å². The molecule has 0 saturated carbocycles. The number of anilines is 1. The predicted octanol–water partition coefficient (Wildman–Crippen LogP) is 1.89. The van der Waals surface area contributed by atoms with E-state index in [0.717, 1.165) is 5.56 Å². The van der Waals surface area contributed by atoms with Crippen molar-refractivity contribution >= 4 is 23.0 Å². The molecule has 17 heavy (non-hydrogen) atoms. The van der Waals surface area contributed by atoms with Crippen molar-refractivity contribution in [3.05, 3.63) is 29.3 Å². The van der Waals surface area contributed by atoms with Gasteiger partial charge in [-0.05, 0) is 32.9 Å². The topological polar surface area (TPSA) is 55.4 Å². The van der Waals surface area contributed by atoms with Crippen LogP contribution in [0, 0.1) is 6.92 Å². The van der Waals surface area contributed by atoms with E-state index in [1.165, 1.54) is 0 Å². The minimum absolute atomic E-state index is 0.00995. The lowest BCUT2D eigenvalue weighted by Crippen LogP contribution is -2.41. The number of benzene rings is 1. The number of hydrogen-bond donors (Lipinski definition) is 1. The summed E-state index contributed by atoms with van der Waals surface area (Å²) in [6.45, 7) is 5.98. The van der Waals surface area contributed by atoms with Crippen LogP contribution in [0.2, 0.25) is 0 Å². The Bertz CT molecular complexity index is 448. The molecule has 0 amide bonds. The van der Waals surface area contributed by atoms with Crippen LogP contribution in [0.25, 0.3) is 0 Å². The molecule has 1 aromatic rings. The average molecular weight is 252 g/mol. The number of nitrogens with zero attached hydrogens (tertiary/aromatic N) is 1. The zero-order valence-corrected chi connectivity index (χ0v) is 11.0. The lowest BCUT2D eigenvalue weighted by molar-refractivity contribution is 0.0960. The molecule has 4 nitrogen and oxygen atoms in total. The summed E-state index contributed by atoms with van der Waals surface area (Å²) in [7, 11) is 0. The molecule has 0 radical (unpaired) electrons. The Kier molecular flexibility index (Phi) is 3.42. The van der Waals surface area contributed by atoms with E-state index in [1.807, 2.05) is 39.0 Å². The fraction of sp³-hybridized carbons (Fsp3) is 0.417. The highest BCUT2D eigenvalue weighted by Gasteiger charge is 2.32. The molecule has 1 N–H and O–H groups in total. The molecule has 0 spiro atoms. The summed E-state index contributed by atoms with van der Waals surface area (Å²) in [5.41, 5.74) is 2.31. The molecule has 92 valence electrons. The third-order valence-electron chi connectivity index (χ3n) is 2.76. The van der Waals surface area contributed by atoms with Crippen molar-refractivity contribution in [1.29, 1.82) is 0 Å². The Morgan fingerprint density at radius 1 is 1.47 bits per heavy atom. The number of hydrogen-bond acceptors (Lipinski definition) is 4. The first-order valence-electron chi connectivity index (χ1n) is 5.58. The zero-order valence-electron chi connectivity index (χ0n) is 10.2. The predicted molar refractivity (Wildman–Crippen MR) is 69.1 cm³/mol. The summed E-state index contributed by atoms with van der Waals surface area (Å²) in [5.74, 6) is 0.00995. The molecule has 5 heteroatoms. The summed E-state index contributed by atoms with van der Waals surface area (Å²) in [5, 5.41) is 0. The molecular weight excluding hydrogens is 236 g/mol. The van der Waals surface area contributed by atoms with Gasteiger partial charge in [0.05, 0.1) is 11.7 Å². The summed E-state index contributed by atoms with van der Waals surface area (Å²) in [4.78, 5) is 12.1. The van der Waals surface area contributed by atoms with E-state index in [2.05, 4.69) is 4.72 Å². The normalized spacial score (nSPS) is 21.0. The van der Waals surface area contributed by atoms with E-state index >= 15 is 0 Å². The molecule has 1 aliphatic heterocycles. The highest BCUT2D eigenvalue weighted by Crippen LogP contribution is 2.25. The lowest BCUT2D eigenvalue weighted by atomic mass is 10.1. The van der Waals surface area contributed by atoms with Gasteiger partial charge in [0.25, 0.3) is 0 Å². The number of carbonyl (C=O) groups is 1. The van der Waals surface area contributed by atoms with Crippen molar-refractivity contribution < 1.29 is 9.35 Å². The Balaban J connectivity index is 2.39. The average Bonchev–Trinajstić information content (AvgIpc) is 2.38. The van der Waals surface area contributed by atoms with Gasteiger partial charge >= 0.3 is 0 Å². The fourth-order valence-corrected chi connectivity index (χ4v) is 2.89. The van der Waals surface area contributed by atoms with E-state index in [0.29, 0.717) is 11.3 Å². The van der Waals surface area contributed by atoms with Gasteiger partial charge in [-0.2, -0.15) is 4.72 Å². The number of aryl methyl sites for hydroxylation is 1. The third kappa shape index (κ3) is 2.46. The Hall–Kier alpha value is -1.04. The molecule has 2 rings (SSSR count). The van der Waals surface area contributed by atoms with Crippen LogP contribution in [0.1, 0.15) is 29.8 Å². The van der Waals surface area contributed by atoms with Crippen molar-refractivity contribution in [1.82, 2.24) is 4.31 Å². The maximum absolute atomic E-state index is 12.1. The zero-order chi connectivity index (χ0) is 12.6. The maximum atomic E-state index is 12.1. The highest BCUT2D eigenvalue weighted by molar-refractivity contribution is 7.90. The van der Waals surface area contributed by atoms with Gasteiger partial charge in [-0.15, -0.1) is 0 Å². The number of ketones is 1. The molecule has 1 aliphatic rings. The van der Waals surface area contributed by atoms with E-state index in [-0.39, 0.29) is 18.4 Å². The van der Waals surface area contributed by atoms with E-state index in [4.69, 9.17) is 0 Å². The molecule has 0 bridgehead atoms. The van der Waals surface area contributed by atoms with Gasteiger partial charge in [0.15, 0.2) is 17.3 Å². The first kappa shape index (κ1) is 12.4. The maximum Gasteiger partial charge on any atom is 0.183 e. The van der Waals surface area contributed by atoms with Gasteiger partial charge in [-0.25, -0.2) is 0 Å². The number of rotatable bonds is 1. The standard InChI is InChI=1S/C12H16N2O2S/c1-8(2)14-7-12(15)10-6-9(3)4-5-11(10)13-17(14)16/h4-6,8,13H,7H2,1-3H3. The van der Waals surface area contributed by atoms with Crippen molar-refractivity contribution in [2.24, 2.45) is 0 Å². The van der Waals surface area contributed by atoms with E-state index in [9.17, 15) is 9.35 Å². The summed E-state index contributed by atoms with van der Waals surface area (Å²) >= 11 is -1.35. The van der Waals surface area contributed by atoms with Crippen molar-refractivity contribution in [3.8, 4) is 0 Å². The molecule has 0 saturated heterocycles. The minimum atomic E-state index is -1.35. The largest absolute Gasteiger partial charge is 0.573 e. The molecule has 0 aliphatic carbocycles. The van der Waals surface area contributed by atoms with Gasteiger partial charge in [-0.1, -0.05) is 15.9 Å². The molecule has 1 aromatic carbocycles. The van der Waals surface area contributed by atoms with Crippen LogP contribution in [0.5, 0.6) is 0 Å². The van der Waals surface area contributed by atoms with Crippen molar-refractivity contribution in [2.75, 3.05) is 11.3 Å². The quantitative estimate of drug-likeness (QED) is 0.775. The van der Waals surface area contributed by atoms with E-state index < -0.39 is 11.5 Å². The number of nitrogens with one attached hydrogen (secondary N) is 1. The molecule has 0 fully saturated rings. The fourth-order valence-electron chi connectivity index (χ4n) is 1.79. The van der Waals surface area contributed by atoms with Gasteiger partial charge < -0.3 is 4.55 Å². The number of carbonyl (C=O) groups excluding carboxylic acids is 1. The third-order valence-corrected chi connectivity index (χ3v) is 4.13. The molecule has 1 unspecified atom stereocenters. The Morgan fingerprint density at radius 3 is 2.82 bits per heavy atom. The van der Waals surface area contributed by atoms with Crippen molar-refractivity contribution in [3.63, 3.8) is 0 Å². The highest BCUT2D eigenvalue weighted by atomic mass is 32.2. The van der Waals surface area contributed by atoms with E-state index in [1.54, 1.807) is 4.31 Å². The van der Waals surface area contributed by atoms with Crippen molar-refractivity contribution in [2.45, 2.75) is 26.8 Å². The van der Waals surface area contributed by atoms with Crippen LogP contribution in [-0.2, 0) is 11.5 Å². The lowest BCUT2D eigenvalue weighted by Gasteiger charge is -2.23.